The minimum atomic E-state index is -0.100. The van der Waals surface area contributed by atoms with Gasteiger partial charge in [-0.3, -0.25) is 14.2 Å². The predicted octanol–water partition coefficient (Wildman–Crippen LogP) is 3.39. The number of carbonyl (C=O) groups excluding carboxylic acids is 1. The summed E-state index contributed by atoms with van der Waals surface area (Å²) in [6.07, 6.45) is 0. The lowest BCUT2D eigenvalue weighted by Gasteiger charge is -2.21. The van der Waals surface area contributed by atoms with Crippen molar-refractivity contribution in [1.29, 1.82) is 0 Å². The number of amides is 1. The van der Waals surface area contributed by atoms with Crippen LogP contribution in [0, 0.1) is 6.92 Å². The van der Waals surface area contributed by atoms with Gasteiger partial charge in [0, 0.05) is 19.3 Å². The van der Waals surface area contributed by atoms with Gasteiger partial charge in [0.1, 0.15) is 0 Å². The molecule has 1 amide bonds. The van der Waals surface area contributed by atoms with Gasteiger partial charge in [0.25, 0.3) is 5.56 Å². The van der Waals surface area contributed by atoms with Crippen LogP contribution in [0.4, 0.5) is 5.69 Å². The third-order valence-corrected chi connectivity index (χ3v) is 5.21. The molecule has 6 heteroatoms. The van der Waals surface area contributed by atoms with Crippen molar-refractivity contribution < 1.29 is 4.79 Å². The van der Waals surface area contributed by atoms with Gasteiger partial charge in [0.15, 0.2) is 5.16 Å². The summed E-state index contributed by atoms with van der Waals surface area (Å²) in [5.74, 6) is 0.214. The molecule has 1 aromatic heterocycles. The van der Waals surface area contributed by atoms with Crippen molar-refractivity contribution in [3.63, 3.8) is 0 Å². The average Bonchev–Trinajstić information content (AvgIpc) is 2.64. The molecule has 0 N–H and O–H groups in total. The van der Waals surface area contributed by atoms with E-state index in [0.29, 0.717) is 22.6 Å². The Balaban J connectivity index is 1.82. The van der Waals surface area contributed by atoms with E-state index < -0.39 is 0 Å². The highest BCUT2D eigenvalue weighted by Gasteiger charge is 2.16. The molecular formula is C20H21N3O2S. The van der Waals surface area contributed by atoms with Crippen molar-refractivity contribution in [2.45, 2.75) is 19.0 Å². The Bertz CT molecular complexity index is 1010. The molecule has 5 nitrogen and oxygen atoms in total. The Kier molecular flexibility index (Phi) is 5.42. The van der Waals surface area contributed by atoms with E-state index in [1.54, 1.807) is 18.0 Å². The van der Waals surface area contributed by atoms with Crippen LogP contribution in [0.25, 0.3) is 10.9 Å². The summed E-state index contributed by atoms with van der Waals surface area (Å²) in [5, 5.41) is 1.13. The zero-order valence-corrected chi connectivity index (χ0v) is 15.9. The van der Waals surface area contributed by atoms with Crippen molar-refractivity contribution in [1.82, 2.24) is 9.55 Å². The molecule has 0 saturated heterocycles. The standard InChI is InChI=1S/C20H21N3O2S/c1-4-23(15-9-7-8-14(2)12-15)18(24)13-26-20-21-17-11-6-5-10-16(17)19(25)22(20)3/h5-12H,4,13H2,1-3H3. The van der Waals surface area contributed by atoms with E-state index in [9.17, 15) is 9.59 Å². The minimum Gasteiger partial charge on any atom is -0.312 e. The molecule has 134 valence electrons. The molecule has 0 aliphatic rings. The number of aryl methyl sites for hydroxylation is 1. The van der Waals surface area contributed by atoms with Crippen LogP contribution in [0.1, 0.15) is 12.5 Å². The summed E-state index contributed by atoms with van der Waals surface area (Å²) in [4.78, 5) is 31.5. The van der Waals surface area contributed by atoms with Crippen LogP contribution in [0.5, 0.6) is 0 Å². The molecule has 1 heterocycles. The van der Waals surface area contributed by atoms with E-state index >= 15 is 0 Å². The van der Waals surface area contributed by atoms with Gasteiger partial charge < -0.3 is 4.90 Å². The summed E-state index contributed by atoms with van der Waals surface area (Å²) >= 11 is 1.29. The van der Waals surface area contributed by atoms with Crippen molar-refractivity contribution in [3.05, 3.63) is 64.4 Å². The Hall–Kier alpha value is -2.60. The summed E-state index contributed by atoms with van der Waals surface area (Å²) in [7, 11) is 1.69. The van der Waals surface area contributed by atoms with E-state index in [4.69, 9.17) is 0 Å². The van der Waals surface area contributed by atoms with E-state index in [1.807, 2.05) is 56.3 Å². The zero-order chi connectivity index (χ0) is 18.7. The lowest BCUT2D eigenvalue weighted by molar-refractivity contribution is -0.116. The smallest absolute Gasteiger partial charge is 0.261 e. The van der Waals surface area contributed by atoms with Crippen molar-refractivity contribution >= 4 is 34.3 Å². The number of anilines is 1. The van der Waals surface area contributed by atoms with Gasteiger partial charge in [-0.25, -0.2) is 4.98 Å². The third-order valence-electron chi connectivity index (χ3n) is 4.20. The number of benzene rings is 2. The molecule has 2 aromatic carbocycles. The van der Waals surface area contributed by atoms with E-state index in [1.165, 1.54) is 16.3 Å². The second-order valence-electron chi connectivity index (χ2n) is 6.04. The number of thioether (sulfide) groups is 1. The maximum atomic E-state index is 12.7. The Morgan fingerprint density at radius 2 is 1.96 bits per heavy atom. The summed E-state index contributed by atoms with van der Waals surface area (Å²) < 4.78 is 1.50. The number of nitrogens with zero attached hydrogens (tertiary/aromatic N) is 3. The first-order valence-corrected chi connectivity index (χ1v) is 9.45. The predicted molar refractivity (Wildman–Crippen MR) is 107 cm³/mol. The monoisotopic (exact) mass is 367 g/mol. The number of hydrogen-bond donors (Lipinski definition) is 0. The fraction of sp³-hybridized carbons (Fsp3) is 0.250. The van der Waals surface area contributed by atoms with E-state index in [-0.39, 0.29) is 17.2 Å². The molecule has 0 atom stereocenters. The van der Waals surface area contributed by atoms with Gasteiger partial charge in [-0.05, 0) is 43.7 Å². The van der Waals surface area contributed by atoms with Crippen LogP contribution in [0.15, 0.2) is 58.5 Å². The SMILES string of the molecule is CCN(C(=O)CSc1nc2ccccc2c(=O)n1C)c1cccc(C)c1. The van der Waals surface area contributed by atoms with E-state index in [2.05, 4.69) is 4.98 Å². The molecule has 0 radical (unpaired) electrons. The quantitative estimate of drug-likeness (QED) is 0.512. The van der Waals surface area contributed by atoms with Crippen LogP contribution >= 0.6 is 11.8 Å². The third kappa shape index (κ3) is 3.65. The molecule has 0 unspecified atom stereocenters. The number of hydrogen-bond acceptors (Lipinski definition) is 4. The molecule has 0 aliphatic heterocycles. The Labute approximate surface area is 156 Å². The van der Waals surface area contributed by atoms with Crippen LogP contribution in [-0.2, 0) is 11.8 Å². The Morgan fingerprint density at radius 1 is 1.19 bits per heavy atom. The maximum absolute atomic E-state index is 12.7. The molecule has 0 aliphatic carbocycles. The van der Waals surface area contributed by atoms with Gasteiger partial charge in [0.05, 0.1) is 16.7 Å². The van der Waals surface area contributed by atoms with Crippen molar-refractivity contribution in [2.24, 2.45) is 7.05 Å². The number of fused-ring (bicyclic) bond motifs is 1. The van der Waals surface area contributed by atoms with Gasteiger partial charge >= 0.3 is 0 Å². The molecule has 0 fully saturated rings. The highest BCUT2D eigenvalue weighted by molar-refractivity contribution is 7.99. The van der Waals surface area contributed by atoms with Crippen molar-refractivity contribution in [2.75, 3.05) is 17.2 Å². The van der Waals surface area contributed by atoms with Crippen LogP contribution < -0.4 is 10.5 Å². The van der Waals surface area contributed by atoms with Crippen molar-refractivity contribution in [3.8, 4) is 0 Å². The Morgan fingerprint density at radius 3 is 2.69 bits per heavy atom. The molecule has 0 spiro atoms. The minimum absolute atomic E-state index is 0.00879. The average molecular weight is 367 g/mol. The lowest BCUT2D eigenvalue weighted by atomic mass is 10.2. The second kappa shape index (κ2) is 7.74. The fourth-order valence-corrected chi connectivity index (χ4v) is 3.68. The molecule has 0 saturated carbocycles. The molecule has 0 bridgehead atoms. The molecule has 3 aromatic rings. The summed E-state index contributed by atoms with van der Waals surface area (Å²) in [6, 6.07) is 15.1. The second-order valence-corrected chi connectivity index (χ2v) is 6.98. The summed E-state index contributed by atoms with van der Waals surface area (Å²) in [5.41, 5.74) is 2.55. The number of rotatable bonds is 5. The summed E-state index contributed by atoms with van der Waals surface area (Å²) in [6.45, 7) is 4.55. The van der Waals surface area contributed by atoms with Crippen LogP contribution in [-0.4, -0.2) is 27.8 Å². The molecule has 3 rings (SSSR count). The fourth-order valence-electron chi connectivity index (χ4n) is 2.83. The molecule has 26 heavy (non-hydrogen) atoms. The number of aromatic nitrogens is 2. The number of carbonyl (C=O) groups is 1. The van der Waals surface area contributed by atoms with Gasteiger partial charge in [-0.15, -0.1) is 0 Å². The van der Waals surface area contributed by atoms with Gasteiger partial charge in [-0.2, -0.15) is 0 Å². The molecular weight excluding hydrogens is 346 g/mol. The lowest BCUT2D eigenvalue weighted by Crippen LogP contribution is -2.32. The highest BCUT2D eigenvalue weighted by Crippen LogP contribution is 2.20. The largest absolute Gasteiger partial charge is 0.312 e. The van der Waals surface area contributed by atoms with E-state index in [0.717, 1.165) is 11.3 Å². The van der Waals surface area contributed by atoms with Gasteiger partial charge in [0.2, 0.25) is 5.91 Å². The first-order chi connectivity index (χ1) is 12.5. The van der Waals surface area contributed by atoms with Crippen LogP contribution in [0.2, 0.25) is 0 Å². The highest BCUT2D eigenvalue weighted by atomic mass is 32.2. The first kappa shape index (κ1) is 18.2. The normalized spacial score (nSPS) is 10.9. The zero-order valence-electron chi connectivity index (χ0n) is 15.1. The van der Waals surface area contributed by atoms with Gasteiger partial charge in [-0.1, -0.05) is 36.0 Å². The topological polar surface area (TPSA) is 55.2 Å². The number of para-hydroxylation sites is 1. The maximum Gasteiger partial charge on any atom is 0.261 e. The first-order valence-electron chi connectivity index (χ1n) is 8.47. The van der Waals surface area contributed by atoms with Crippen LogP contribution in [0.3, 0.4) is 0 Å².